The van der Waals surface area contributed by atoms with E-state index in [1.165, 1.54) is 10.8 Å². The number of anilines is 1. The van der Waals surface area contributed by atoms with Gasteiger partial charge in [-0.1, -0.05) is 6.92 Å². The van der Waals surface area contributed by atoms with E-state index in [0.717, 1.165) is 0 Å². The fourth-order valence-corrected chi connectivity index (χ4v) is 0.957. The third kappa shape index (κ3) is 2.09. The van der Waals surface area contributed by atoms with Crippen LogP contribution in [0.3, 0.4) is 0 Å². The normalized spacial score (nSPS) is 9.86. The summed E-state index contributed by atoms with van der Waals surface area (Å²) in [6.07, 6.45) is 1.79. The monoisotopic (exact) mass is 197 g/mol. The van der Waals surface area contributed by atoms with E-state index in [2.05, 4.69) is 10.3 Å². The van der Waals surface area contributed by atoms with Gasteiger partial charge in [0.1, 0.15) is 0 Å². The van der Waals surface area contributed by atoms with E-state index >= 15 is 0 Å². The minimum atomic E-state index is -1.12. The Balaban J connectivity index is 2.86. The fraction of sp³-hybridized carbons (Fsp3) is 0.375. The quantitative estimate of drug-likeness (QED) is 0.737. The predicted octanol–water partition coefficient (Wildman–Crippen LogP) is 0.467. The van der Waals surface area contributed by atoms with E-state index < -0.39 is 5.97 Å². The molecule has 0 aliphatic heterocycles. The van der Waals surface area contributed by atoms with Gasteiger partial charge in [-0.3, -0.25) is 4.79 Å². The molecule has 2 N–H and O–H groups in total. The van der Waals surface area contributed by atoms with Gasteiger partial charge in [-0.2, -0.15) is 0 Å². The van der Waals surface area contributed by atoms with E-state index in [0.29, 0.717) is 6.42 Å². The van der Waals surface area contributed by atoms with Crippen molar-refractivity contribution in [1.82, 2.24) is 9.55 Å². The number of nitrogens with zero attached hydrogens (tertiary/aromatic N) is 2. The molecule has 0 spiro atoms. The summed E-state index contributed by atoms with van der Waals surface area (Å²) >= 11 is 0. The van der Waals surface area contributed by atoms with Crippen LogP contribution in [0.25, 0.3) is 0 Å². The van der Waals surface area contributed by atoms with E-state index in [-0.39, 0.29) is 17.5 Å². The molecule has 1 amide bonds. The third-order valence-electron chi connectivity index (χ3n) is 1.66. The Morgan fingerprint density at radius 2 is 2.29 bits per heavy atom. The Bertz CT molecular complexity index is 370. The first kappa shape index (κ1) is 10.2. The highest BCUT2D eigenvalue weighted by molar-refractivity contribution is 5.90. The number of amides is 1. The highest BCUT2D eigenvalue weighted by atomic mass is 16.4. The molecule has 1 rings (SSSR count). The van der Waals surface area contributed by atoms with Crippen molar-refractivity contribution < 1.29 is 14.7 Å². The molecule has 0 fully saturated rings. The summed E-state index contributed by atoms with van der Waals surface area (Å²) in [6, 6.07) is 0. The van der Waals surface area contributed by atoms with Crippen LogP contribution in [-0.4, -0.2) is 26.5 Å². The summed E-state index contributed by atoms with van der Waals surface area (Å²) in [7, 11) is 1.55. The van der Waals surface area contributed by atoms with Gasteiger partial charge in [-0.15, -0.1) is 0 Å². The van der Waals surface area contributed by atoms with Crippen molar-refractivity contribution in [1.29, 1.82) is 0 Å². The second-order valence-corrected chi connectivity index (χ2v) is 2.77. The van der Waals surface area contributed by atoms with E-state index in [1.807, 2.05) is 0 Å². The van der Waals surface area contributed by atoms with E-state index in [4.69, 9.17) is 5.11 Å². The molecule has 1 aromatic heterocycles. The molecular formula is C8H11N3O3. The number of carboxylic acid groups (broad SMARTS) is 1. The van der Waals surface area contributed by atoms with Crippen molar-refractivity contribution in [2.24, 2.45) is 7.05 Å². The van der Waals surface area contributed by atoms with E-state index in [9.17, 15) is 9.59 Å². The maximum Gasteiger partial charge on any atom is 0.372 e. The second-order valence-electron chi connectivity index (χ2n) is 2.77. The van der Waals surface area contributed by atoms with Crippen LogP contribution in [0.1, 0.15) is 24.0 Å². The molecule has 1 heterocycles. The van der Waals surface area contributed by atoms with Crippen molar-refractivity contribution in [3.8, 4) is 0 Å². The minimum Gasteiger partial charge on any atom is -0.475 e. The van der Waals surface area contributed by atoms with Crippen LogP contribution in [0.15, 0.2) is 6.20 Å². The maximum absolute atomic E-state index is 11.0. The Kier molecular flexibility index (Phi) is 2.85. The van der Waals surface area contributed by atoms with Crippen LogP contribution < -0.4 is 5.32 Å². The number of carbonyl (C=O) groups excluding carboxylic acids is 1. The van der Waals surface area contributed by atoms with Crippen molar-refractivity contribution in [3.63, 3.8) is 0 Å². The number of hydrogen-bond acceptors (Lipinski definition) is 3. The summed E-state index contributed by atoms with van der Waals surface area (Å²) in [6.45, 7) is 1.70. The zero-order valence-corrected chi connectivity index (χ0v) is 7.94. The lowest BCUT2D eigenvalue weighted by Gasteiger charge is -1.95. The average molecular weight is 197 g/mol. The Morgan fingerprint density at radius 1 is 1.64 bits per heavy atom. The fourth-order valence-electron chi connectivity index (χ4n) is 0.957. The van der Waals surface area contributed by atoms with Gasteiger partial charge in [-0.25, -0.2) is 9.78 Å². The molecule has 6 heteroatoms. The van der Waals surface area contributed by atoms with E-state index in [1.54, 1.807) is 14.0 Å². The molecule has 0 bridgehead atoms. The molecule has 0 aliphatic carbocycles. The van der Waals surface area contributed by atoms with Gasteiger partial charge in [0.15, 0.2) is 5.82 Å². The zero-order valence-electron chi connectivity index (χ0n) is 7.94. The van der Waals surface area contributed by atoms with Crippen LogP contribution in [0.4, 0.5) is 5.82 Å². The molecule has 0 aliphatic rings. The van der Waals surface area contributed by atoms with Gasteiger partial charge in [0.05, 0.1) is 0 Å². The molecule has 0 saturated heterocycles. The highest BCUT2D eigenvalue weighted by Crippen LogP contribution is 2.06. The largest absolute Gasteiger partial charge is 0.475 e. The molecule has 0 aromatic carbocycles. The van der Waals surface area contributed by atoms with Crippen LogP contribution in [0.2, 0.25) is 0 Å². The lowest BCUT2D eigenvalue weighted by Crippen LogP contribution is -2.10. The van der Waals surface area contributed by atoms with Gasteiger partial charge in [0.25, 0.3) is 0 Å². The van der Waals surface area contributed by atoms with Crippen molar-refractivity contribution >= 4 is 17.7 Å². The molecule has 0 unspecified atom stereocenters. The molecular weight excluding hydrogens is 186 g/mol. The number of carbonyl (C=O) groups is 2. The van der Waals surface area contributed by atoms with Gasteiger partial charge in [0, 0.05) is 19.7 Å². The van der Waals surface area contributed by atoms with Crippen molar-refractivity contribution in [2.45, 2.75) is 13.3 Å². The first-order valence-electron chi connectivity index (χ1n) is 4.11. The predicted molar refractivity (Wildman–Crippen MR) is 49.1 cm³/mol. The summed E-state index contributed by atoms with van der Waals surface area (Å²) < 4.78 is 1.34. The van der Waals surface area contributed by atoms with Gasteiger partial charge >= 0.3 is 5.97 Å². The molecule has 0 radical (unpaired) electrons. The van der Waals surface area contributed by atoms with Gasteiger partial charge in [-0.05, 0) is 0 Å². The molecule has 76 valence electrons. The topological polar surface area (TPSA) is 84.2 Å². The zero-order chi connectivity index (χ0) is 10.7. The Morgan fingerprint density at radius 3 is 2.71 bits per heavy atom. The first-order valence-corrected chi connectivity index (χ1v) is 4.11. The minimum absolute atomic E-state index is 0.101. The van der Waals surface area contributed by atoms with Gasteiger partial charge < -0.3 is 15.0 Å². The lowest BCUT2D eigenvalue weighted by molar-refractivity contribution is -0.115. The number of rotatable bonds is 3. The number of imidazole rings is 1. The van der Waals surface area contributed by atoms with Crippen LogP contribution in [0.5, 0.6) is 0 Å². The second kappa shape index (κ2) is 3.91. The molecule has 14 heavy (non-hydrogen) atoms. The van der Waals surface area contributed by atoms with Crippen molar-refractivity contribution in [2.75, 3.05) is 5.32 Å². The number of aryl methyl sites for hydroxylation is 1. The lowest BCUT2D eigenvalue weighted by atomic mass is 10.4. The number of aromatic carboxylic acids is 1. The van der Waals surface area contributed by atoms with Crippen molar-refractivity contribution in [3.05, 3.63) is 12.0 Å². The number of hydrogen-bond donors (Lipinski definition) is 2. The molecule has 0 atom stereocenters. The SMILES string of the molecule is CCC(=O)Nc1cn(C)c(C(=O)O)n1. The number of nitrogens with one attached hydrogen (secondary N) is 1. The summed E-state index contributed by atoms with van der Waals surface area (Å²) in [5, 5.41) is 11.1. The Labute approximate surface area is 80.6 Å². The number of aromatic nitrogens is 2. The third-order valence-corrected chi connectivity index (χ3v) is 1.66. The summed E-state index contributed by atoms with van der Waals surface area (Å²) in [4.78, 5) is 25.3. The smallest absolute Gasteiger partial charge is 0.372 e. The Hall–Kier alpha value is -1.85. The first-order chi connectivity index (χ1) is 6.54. The summed E-state index contributed by atoms with van der Waals surface area (Å²) in [5.41, 5.74) is 0. The molecule has 0 saturated carbocycles. The highest BCUT2D eigenvalue weighted by Gasteiger charge is 2.12. The van der Waals surface area contributed by atoms with Gasteiger partial charge in [0.2, 0.25) is 11.7 Å². The maximum atomic E-state index is 11.0. The standard InChI is InChI=1S/C8H11N3O3/c1-3-6(12)9-5-4-11(2)7(10-5)8(13)14/h4H,3H2,1-2H3,(H,9,12)(H,13,14). The molecule has 1 aromatic rings. The van der Waals surface area contributed by atoms with Crippen LogP contribution in [-0.2, 0) is 11.8 Å². The number of carboxylic acids is 1. The van der Waals surface area contributed by atoms with Crippen LogP contribution in [0, 0.1) is 0 Å². The average Bonchev–Trinajstić information content (AvgIpc) is 2.46. The summed E-state index contributed by atoms with van der Waals surface area (Å²) in [5.74, 6) is -1.15. The molecule has 6 nitrogen and oxygen atoms in total. The van der Waals surface area contributed by atoms with Crippen LogP contribution >= 0.6 is 0 Å².